The number of nitrogens with one attached hydrogen (secondary N) is 2. The molecule has 1 aromatic heterocycles. The van der Waals surface area contributed by atoms with Crippen LogP contribution in [0.15, 0.2) is 6.07 Å². The standard InChI is InChI=1S/C18H31N3O2/c1-12-9-15(13(2)21(12)6)10-19-16(14-7-8-14)11-20-17(22)23-18(3,4)5/h9,14,16,19H,7-8,10-11H2,1-6H3,(H,20,22). The fourth-order valence-corrected chi connectivity index (χ4v) is 2.76. The van der Waals surface area contributed by atoms with Crippen molar-refractivity contribution in [2.75, 3.05) is 6.54 Å². The number of carbonyl (C=O) groups excluding carboxylic acids is 1. The molecule has 2 rings (SSSR count). The molecule has 0 spiro atoms. The molecule has 0 radical (unpaired) electrons. The number of aryl methyl sites for hydroxylation is 1. The molecule has 0 saturated heterocycles. The monoisotopic (exact) mass is 321 g/mol. The minimum absolute atomic E-state index is 0.308. The predicted octanol–water partition coefficient (Wildman–Crippen LogP) is 3.03. The van der Waals surface area contributed by atoms with E-state index in [2.05, 4.69) is 42.2 Å². The second-order valence-corrected chi connectivity index (χ2v) is 7.66. The summed E-state index contributed by atoms with van der Waals surface area (Å²) in [4.78, 5) is 11.8. The molecular weight excluding hydrogens is 290 g/mol. The van der Waals surface area contributed by atoms with Gasteiger partial charge in [-0.2, -0.15) is 0 Å². The third-order valence-corrected chi connectivity index (χ3v) is 4.49. The average Bonchev–Trinajstić information content (AvgIpc) is 3.23. The Bertz CT molecular complexity index is 553. The number of carbonyl (C=O) groups is 1. The van der Waals surface area contributed by atoms with Crippen molar-refractivity contribution in [2.24, 2.45) is 13.0 Å². The number of hydrogen-bond donors (Lipinski definition) is 2. The molecule has 5 heteroatoms. The molecule has 130 valence electrons. The molecule has 23 heavy (non-hydrogen) atoms. The topological polar surface area (TPSA) is 55.3 Å². The summed E-state index contributed by atoms with van der Waals surface area (Å²) in [5.41, 5.74) is 3.44. The van der Waals surface area contributed by atoms with Gasteiger partial charge in [0.15, 0.2) is 0 Å². The first-order chi connectivity index (χ1) is 10.7. The molecule has 1 saturated carbocycles. The summed E-state index contributed by atoms with van der Waals surface area (Å²) in [6.07, 6.45) is 2.14. The zero-order valence-electron chi connectivity index (χ0n) is 15.3. The lowest BCUT2D eigenvalue weighted by molar-refractivity contribution is 0.0521. The number of nitrogens with zero attached hydrogens (tertiary/aromatic N) is 1. The van der Waals surface area contributed by atoms with Crippen molar-refractivity contribution in [3.63, 3.8) is 0 Å². The molecule has 1 aliphatic carbocycles. The van der Waals surface area contributed by atoms with Gasteiger partial charge in [0.05, 0.1) is 0 Å². The molecule has 0 aliphatic heterocycles. The van der Waals surface area contributed by atoms with E-state index in [9.17, 15) is 4.79 Å². The molecule has 0 bridgehead atoms. The molecule has 1 aliphatic rings. The van der Waals surface area contributed by atoms with Crippen LogP contribution >= 0.6 is 0 Å². The Balaban J connectivity index is 1.85. The highest BCUT2D eigenvalue weighted by Crippen LogP contribution is 2.32. The van der Waals surface area contributed by atoms with E-state index in [4.69, 9.17) is 4.74 Å². The third-order valence-electron chi connectivity index (χ3n) is 4.49. The molecule has 1 heterocycles. The van der Waals surface area contributed by atoms with E-state index in [0.717, 1.165) is 6.54 Å². The Morgan fingerprint density at radius 3 is 2.52 bits per heavy atom. The Kier molecular flexibility index (Phi) is 5.40. The van der Waals surface area contributed by atoms with E-state index in [1.54, 1.807) is 0 Å². The fraction of sp³-hybridized carbons (Fsp3) is 0.722. The minimum Gasteiger partial charge on any atom is -0.444 e. The summed E-state index contributed by atoms with van der Waals surface area (Å²) in [5, 5.41) is 6.51. The molecular formula is C18H31N3O2. The van der Waals surface area contributed by atoms with Crippen LogP contribution in [0.1, 0.15) is 50.6 Å². The molecule has 0 aromatic carbocycles. The van der Waals surface area contributed by atoms with Crippen LogP contribution in [-0.2, 0) is 18.3 Å². The van der Waals surface area contributed by atoms with E-state index < -0.39 is 5.60 Å². The van der Waals surface area contributed by atoms with E-state index in [-0.39, 0.29) is 6.09 Å². The van der Waals surface area contributed by atoms with Crippen molar-refractivity contribution in [2.45, 2.75) is 65.6 Å². The van der Waals surface area contributed by atoms with Crippen LogP contribution in [0.2, 0.25) is 0 Å². The predicted molar refractivity (Wildman–Crippen MR) is 92.5 cm³/mol. The van der Waals surface area contributed by atoms with Crippen LogP contribution in [0, 0.1) is 19.8 Å². The summed E-state index contributed by atoms with van der Waals surface area (Å²) in [5.74, 6) is 0.662. The summed E-state index contributed by atoms with van der Waals surface area (Å²) in [7, 11) is 2.09. The number of hydrogen-bond acceptors (Lipinski definition) is 3. The quantitative estimate of drug-likeness (QED) is 0.847. The highest BCUT2D eigenvalue weighted by Gasteiger charge is 2.31. The van der Waals surface area contributed by atoms with Crippen molar-refractivity contribution < 1.29 is 9.53 Å². The van der Waals surface area contributed by atoms with Crippen LogP contribution in [0.4, 0.5) is 4.79 Å². The molecule has 1 atom stereocenters. The van der Waals surface area contributed by atoms with Gasteiger partial charge in [-0.15, -0.1) is 0 Å². The largest absolute Gasteiger partial charge is 0.444 e. The smallest absolute Gasteiger partial charge is 0.407 e. The summed E-state index contributed by atoms with van der Waals surface area (Å²) in [6, 6.07) is 2.54. The van der Waals surface area contributed by atoms with Crippen LogP contribution in [0.5, 0.6) is 0 Å². The summed E-state index contributed by atoms with van der Waals surface area (Å²) >= 11 is 0. The lowest BCUT2D eigenvalue weighted by atomic mass is 10.1. The lowest BCUT2D eigenvalue weighted by Crippen LogP contribution is -2.43. The Morgan fingerprint density at radius 1 is 1.39 bits per heavy atom. The van der Waals surface area contributed by atoms with Gasteiger partial charge >= 0.3 is 6.09 Å². The van der Waals surface area contributed by atoms with Crippen LogP contribution in [0.25, 0.3) is 0 Å². The molecule has 5 nitrogen and oxygen atoms in total. The first-order valence-electron chi connectivity index (χ1n) is 8.49. The second-order valence-electron chi connectivity index (χ2n) is 7.66. The Morgan fingerprint density at radius 2 is 2.04 bits per heavy atom. The first kappa shape index (κ1) is 17.9. The maximum Gasteiger partial charge on any atom is 0.407 e. The van der Waals surface area contributed by atoms with Crippen molar-refractivity contribution >= 4 is 6.09 Å². The van der Waals surface area contributed by atoms with E-state index in [1.165, 1.54) is 29.8 Å². The van der Waals surface area contributed by atoms with Crippen molar-refractivity contribution in [3.05, 3.63) is 23.0 Å². The zero-order valence-corrected chi connectivity index (χ0v) is 15.3. The van der Waals surface area contributed by atoms with Crippen molar-refractivity contribution in [1.29, 1.82) is 0 Å². The van der Waals surface area contributed by atoms with Crippen molar-refractivity contribution in [3.8, 4) is 0 Å². The minimum atomic E-state index is -0.453. The van der Waals surface area contributed by atoms with Gasteiger partial charge in [0.1, 0.15) is 5.60 Å². The fourth-order valence-electron chi connectivity index (χ4n) is 2.76. The molecule has 1 amide bonds. The van der Waals surface area contributed by atoms with Gasteiger partial charge in [-0.05, 0) is 65.0 Å². The maximum absolute atomic E-state index is 11.8. The maximum atomic E-state index is 11.8. The highest BCUT2D eigenvalue weighted by molar-refractivity contribution is 5.67. The van der Waals surface area contributed by atoms with Gasteiger partial charge in [0, 0.05) is 37.6 Å². The van der Waals surface area contributed by atoms with Gasteiger partial charge in [-0.25, -0.2) is 4.79 Å². The molecule has 2 N–H and O–H groups in total. The number of aromatic nitrogens is 1. The number of amides is 1. The highest BCUT2D eigenvalue weighted by atomic mass is 16.6. The normalized spacial score (nSPS) is 16.3. The SMILES string of the molecule is Cc1cc(CNC(CNC(=O)OC(C)(C)C)C2CC2)c(C)n1C. The first-order valence-corrected chi connectivity index (χ1v) is 8.49. The second kappa shape index (κ2) is 6.95. The van der Waals surface area contributed by atoms with Crippen LogP contribution < -0.4 is 10.6 Å². The average molecular weight is 321 g/mol. The van der Waals surface area contributed by atoms with Crippen LogP contribution in [-0.4, -0.2) is 28.8 Å². The van der Waals surface area contributed by atoms with Crippen LogP contribution in [0.3, 0.4) is 0 Å². The Hall–Kier alpha value is -1.49. The number of alkyl carbamates (subject to hydrolysis) is 1. The van der Waals surface area contributed by atoms with Gasteiger partial charge in [-0.3, -0.25) is 0 Å². The molecule has 1 unspecified atom stereocenters. The van der Waals surface area contributed by atoms with E-state index in [1.807, 2.05) is 20.8 Å². The van der Waals surface area contributed by atoms with Gasteiger partial charge < -0.3 is 19.9 Å². The third kappa shape index (κ3) is 5.27. The van der Waals surface area contributed by atoms with E-state index in [0.29, 0.717) is 18.5 Å². The van der Waals surface area contributed by atoms with E-state index >= 15 is 0 Å². The van der Waals surface area contributed by atoms with Gasteiger partial charge in [0.25, 0.3) is 0 Å². The summed E-state index contributed by atoms with van der Waals surface area (Å²) in [6.45, 7) is 11.4. The van der Waals surface area contributed by atoms with Gasteiger partial charge in [-0.1, -0.05) is 0 Å². The number of ether oxygens (including phenoxy) is 1. The lowest BCUT2D eigenvalue weighted by Gasteiger charge is -2.22. The van der Waals surface area contributed by atoms with Gasteiger partial charge in [0.2, 0.25) is 0 Å². The molecule has 1 fully saturated rings. The summed E-state index contributed by atoms with van der Waals surface area (Å²) < 4.78 is 7.52. The number of rotatable bonds is 6. The molecule has 1 aromatic rings. The zero-order chi connectivity index (χ0) is 17.2. The van der Waals surface area contributed by atoms with Crippen molar-refractivity contribution in [1.82, 2.24) is 15.2 Å². The Labute approximate surface area is 139 Å².